The number of hydrogen-bond acceptors (Lipinski definition) is 2. The van der Waals surface area contributed by atoms with Gasteiger partial charge >= 0.3 is 6.18 Å². The quantitative estimate of drug-likeness (QED) is 0.234. The zero-order chi connectivity index (χ0) is 20.7. The van der Waals surface area contributed by atoms with E-state index in [1.807, 2.05) is 0 Å². The lowest BCUT2D eigenvalue weighted by Crippen LogP contribution is -2.49. The van der Waals surface area contributed by atoms with Crippen molar-refractivity contribution in [2.45, 2.75) is 61.6 Å². The summed E-state index contributed by atoms with van der Waals surface area (Å²) in [4.78, 5) is 12.1. The van der Waals surface area contributed by atoms with E-state index in [9.17, 15) is 18.0 Å². The minimum atomic E-state index is -4.56. The van der Waals surface area contributed by atoms with E-state index in [-0.39, 0.29) is 23.0 Å². The second kappa shape index (κ2) is 10.8. The Morgan fingerprint density at radius 1 is 1.11 bits per heavy atom. The number of carbonyl (C=O) groups is 1. The molecular formula is C17H21Cl4F3N2O. The van der Waals surface area contributed by atoms with E-state index in [0.29, 0.717) is 6.42 Å². The van der Waals surface area contributed by atoms with Crippen molar-refractivity contribution in [2.24, 2.45) is 0 Å². The van der Waals surface area contributed by atoms with Gasteiger partial charge in [-0.3, -0.25) is 4.79 Å². The number of alkyl halides is 6. The van der Waals surface area contributed by atoms with Crippen molar-refractivity contribution >= 4 is 58.0 Å². The SMILES string of the molecule is CCCCCCCC(=O)NC(Nc1cc(C(F)(F)F)ccc1Cl)C(Cl)(Cl)Cl. The van der Waals surface area contributed by atoms with Crippen molar-refractivity contribution in [3.05, 3.63) is 28.8 Å². The maximum absolute atomic E-state index is 12.9. The number of unbranched alkanes of at least 4 members (excludes halogenated alkanes) is 4. The molecule has 3 nitrogen and oxygen atoms in total. The molecule has 0 fully saturated rings. The summed E-state index contributed by atoms with van der Waals surface area (Å²) in [5, 5.41) is 5.07. The van der Waals surface area contributed by atoms with Gasteiger partial charge in [-0.2, -0.15) is 13.2 Å². The summed E-state index contributed by atoms with van der Waals surface area (Å²) < 4.78 is 36.7. The van der Waals surface area contributed by atoms with Crippen molar-refractivity contribution in [2.75, 3.05) is 5.32 Å². The van der Waals surface area contributed by atoms with Crippen LogP contribution in [0.15, 0.2) is 18.2 Å². The summed E-state index contributed by atoms with van der Waals surface area (Å²) >= 11 is 23.5. The van der Waals surface area contributed by atoms with Crippen LogP contribution in [-0.4, -0.2) is 15.9 Å². The van der Waals surface area contributed by atoms with Crippen LogP contribution in [0.25, 0.3) is 0 Å². The molecule has 27 heavy (non-hydrogen) atoms. The molecule has 1 aromatic rings. The van der Waals surface area contributed by atoms with Crippen molar-refractivity contribution in [3.8, 4) is 0 Å². The maximum Gasteiger partial charge on any atom is 0.416 e. The van der Waals surface area contributed by atoms with E-state index >= 15 is 0 Å². The first-order valence-corrected chi connectivity index (χ1v) is 9.95. The third kappa shape index (κ3) is 8.99. The number of nitrogens with one attached hydrogen (secondary N) is 2. The lowest BCUT2D eigenvalue weighted by atomic mass is 10.1. The summed E-state index contributed by atoms with van der Waals surface area (Å²) in [5.74, 6) is -0.376. The fourth-order valence-electron chi connectivity index (χ4n) is 2.29. The minimum Gasteiger partial charge on any atom is -0.361 e. The second-order valence-electron chi connectivity index (χ2n) is 6.04. The highest BCUT2D eigenvalue weighted by Gasteiger charge is 2.35. The molecule has 0 aliphatic carbocycles. The number of carbonyl (C=O) groups excluding carboxylic acids is 1. The van der Waals surface area contributed by atoms with Crippen molar-refractivity contribution in [1.82, 2.24) is 5.32 Å². The van der Waals surface area contributed by atoms with Gasteiger partial charge < -0.3 is 10.6 Å². The molecule has 1 aromatic carbocycles. The number of rotatable bonds is 9. The topological polar surface area (TPSA) is 41.1 Å². The number of anilines is 1. The molecule has 0 saturated heterocycles. The molecule has 0 heterocycles. The van der Waals surface area contributed by atoms with Crippen LogP contribution < -0.4 is 10.6 Å². The van der Waals surface area contributed by atoms with Gasteiger partial charge in [-0.25, -0.2) is 0 Å². The Morgan fingerprint density at radius 3 is 2.30 bits per heavy atom. The van der Waals surface area contributed by atoms with Crippen LogP contribution in [-0.2, 0) is 11.0 Å². The highest BCUT2D eigenvalue weighted by Crippen LogP contribution is 2.36. The number of halogens is 7. The molecule has 0 radical (unpaired) electrons. The third-order valence-electron chi connectivity index (χ3n) is 3.73. The van der Waals surface area contributed by atoms with E-state index in [1.165, 1.54) is 0 Å². The predicted molar refractivity (Wildman–Crippen MR) is 106 cm³/mol. The maximum atomic E-state index is 12.9. The summed E-state index contributed by atoms with van der Waals surface area (Å²) in [6.07, 6.45) is -0.828. The largest absolute Gasteiger partial charge is 0.416 e. The third-order valence-corrected chi connectivity index (χ3v) is 4.72. The van der Waals surface area contributed by atoms with E-state index in [2.05, 4.69) is 17.6 Å². The fourth-order valence-corrected chi connectivity index (χ4v) is 2.79. The highest BCUT2D eigenvalue weighted by molar-refractivity contribution is 6.68. The van der Waals surface area contributed by atoms with Crippen molar-refractivity contribution < 1.29 is 18.0 Å². The monoisotopic (exact) mass is 466 g/mol. The molecule has 0 spiro atoms. The number of benzene rings is 1. The molecule has 1 rings (SSSR count). The first-order valence-electron chi connectivity index (χ1n) is 8.44. The van der Waals surface area contributed by atoms with E-state index < -0.39 is 21.7 Å². The van der Waals surface area contributed by atoms with Gasteiger partial charge in [-0.05, 0) is 24.6 Å². The first kappa shape index (κ1) is 24.5. The number of hydrogen-bond donors (Lipinski definition) is 2. The zero-order valence-corrected chi connectivity index (χ0v) is 17.6. The van der Waals surface area contributed by atoms with Crippen LogP contribution in [0.3, 0.4) is 0 Å². The Balaban J connectivity index is 2.80. The van der Waals surface area contributed by atoms with E-state index in [1.54, 1.807) is 0 Å². The van der Waals surface area contributed by atoms with Gasteiger partial charge in [-0.1, -0.05) is 79.0 Å². The van der Waals surface area contributed by atoms with Crippen LogP contribution in [0.5, 0.6) is 0 Å². The lowest BCUT2D eigenvalue weighted by molar-refractivity contribution is -0.137. The van der Waals surface area contributed by atoms with E-state index in [4.69, 9.17) is 46.4 Å². The molecule has 0 aromatic heterocycles. The Bertz CT molecular complexity index is 621. The Hall–Kier alpha value is -0.560. The van der Waals surface area contributed by atoms with Gasteiger partial charge in [0, 0.05) is 6.42 Å². The Morgan fingerprint density at radius 2 is 1.74 bits per heavy atom. The molecule has 10 heteroatoms. The van der Waals surface area contributed by atoms with Gasteiger partial charge in [0.25, 0.3) is 0 Å². The zero-order valence-electron chi connectivity index (χ0n) is 14.6. The van der Waals surface area contributed by atoms with Crippen LogP contribution in [0.2, 0.25) is 5.02 Å². The van der Waals surface area contributed by atoms with Crippen LogP contribution >= 0.6 is 46.4 Å². The highest BCUT2D eigenvalue weighted by atomic mass is 35.6. The van der Waals surface area contributed by atoms with Gasteiger partial charge in [0.15, 0.2) is 0 Å². The molecule has 1 amide bonds. The molecule has 0 saturated carbocycles. The van der Waals surface area contributed by atoms with Gasteiger partial charge in [0.1, 0.15) is 6.17 Å². The summed E-state index contributed by atoms with van der Waals surface area (Å²) in [6, 6.07) is 2.72. The fraction of sp³-hybridized carbons (Fsp3) is 0.588. The summed E-state index contributed by atoms with van der Waals surface area (Å²) in [5.41, 5.74) is -1.02. The molecule has 0 bridgehead atoms. The molecule has 0 aliphatic rings. The lowest BCUT2D eigenvalue weighted by Gasteiger charge is -2.28. The Labute approximate surface area is 176 Å². The molecule has 1 unspecified atom stereocenters. The average molecular weight is 468 g/mol. The van der Waals surface area contributed by atoms with Crippen LogP contribution in [0, 0.1) is 0 Å². The normalized spacial score (nSPS) is 13.3. The van der Waals surface area contributed by atoms with Gasteiger partial charge in [0.05, 0.1) is 16.3 Å². The summed E-state index contributed by atoms with van der Waals surface area (Å²) in [6.45, 7) is 2.09. The van der Waals surface area contributed by atoms with Crippen LogP contribution in [0.4, 0.5) is 18.9 Å². The van der Waals surface area contributed by atoms with Gasteiger partial charge in [0.2, 0.25) is 9.70 Å². The van der Waals surface area contributed by atoms with E-state index in [0.717, 1.165) is 43.9 Å². The molecule has 1 atom stereocenters. The van der Waals surface area contributed by atoms with Crippen LogP contribution in [0.1, 0.15) is 51.0 Å². The molecule has 0 aliphatic heterocycles. The summed E-state index contributed by atoms with van der Waals surface area (Å²) in [7, 11) is 0. The standard InChI is InChI=1S/C17H21Cl4F3N2O/c1-2-3-4-5-6-7-14(27)26-15(16(19,20)21)25-13-10-11(17(22,23)24)8-9-12(13)18/h8-10,15,25H,2-7H2,1H3,(H,26,27). The van der Waals surface area contributed by atoms with Crippen molar-refractivity contribution in [3.63, 3.8) is 0 Å². The average Bonchev–Trinajstić information content (AvgIpc) is 2.54. The molecule has 154 valence electrons. The predicted octanol–water partition coefficient (Wildman–Crippen LogP) is 6.94. The minimum absolute atomic E-state index is 0.00364. The smallest absolute Gasteiger partial charge is 0.361 e. The molecular weight excluding hydrogens is 447 g/mol. The second-order valence-corrected chi connectivity index (χ2v) is 8.82. The van der Waals surface area contributed by atoms with Crippen molar-refractivity contribution in [1.29, 1.82) is 0 Å². The number of amides is 1. The first-order chi connectivity index (χ1) is 12.4. The Kier molecular flexibility index (Phi) is 9.83. The van der Waals surface area contributed by atoms with Gasteiger partial charge in [-0.15, -0.1) is 0 Å². The molecule has 2 N–H and O–H groups in total.